The number of rotatable bonds is 4. The molecule has 0 aliphatic rings. The summed E-state index contributed by atoms with van der Waals surface area (Å²) in [6.45, 7) is 0. The van der Waals surface area contributed by atoms with Crippen molar-refractivity contribution in [1.29, 1.82) is 0 Å². The lowest BCUT2D eigenvalue weighted by Crippen LogP contribution is -2.20. The molecular formula is C18H15N5O5. The van der Waals surface area contributed by atoms with E-state index in [1.165, 1.54) is 36.6 Å². The van der Waals surface area contributed by atoms with Gasteiger partial charge in [-0.3, -0.25) is 9.36 Å². The van der Waals surface area contributed by atoms with Gasteiger partial charge < -0.3 is 14.2 Å². The van der Waals surface area contributed by atoms with E-state index in [2.05, 4.69) is 15.3 Å². The number of carbonyl (C=O) groups is 1. The fraction of sp³-hybridized carbons (Fsp3) is 0.167. The van der Waals surface area contributed by atoms with Crippen molar-refractivity contribution in [3.63, 3.8) is 0 Å². The van der Waals surface area contributed by atoms with Crippen molar-refractivity contribution < 1.29 is 19.0 Å². The second-order valence-corrected chi connectivity index (χ2v) is 5.78. The van der Waals surface area contributed by atoms with E-state index in [-0.39, 0.29) is 16.7 Å². The Morgan fingerprint density at radius 3 is 2.39 bits per heavy atom. The largest absolute Gasteiger partial charge is 0.497 e. The second-order valence-electron chi connectivity index (χ2n) is 5.78. The molecule has 3 aromatic heterocycles. The van der Waals surface area contributed by atoms with E-state index in [9.17, 15) is 9.59 Å². The third-order valence-electron chi connectivity index (χ3n) is 4.28. The van der Waals surface area contributed by atoms with E-state index < -0.39 is 11.5 Å². The molecule has 1 aromatic carbocycles. The van der Waals surface area contributed by atoms with Crippen molar-refractivity contribution in [1.82, 2.24) is 24.4 Å². The number of hydrogen-bond donors (Lipinski definition) is 0. The lowest BCUT2D eigenvalue weighted by molar-refractivity contribution is 0.0602. The van der Waals surface area contributed by atoms with Gasteiger partial charge >= 0.3 is 5.97 Å². The maximum atomic E-state index is 13.0. The van der Waals surface area contributed by atoms with Gasteiger partial charge in [0, 0.05) is 24.4 Å². The van der Waals surface area contributed by atoms with Gasteiger partial charge in [-0.05, 0) is 6.07 Å². The number of fused-ring (bicyclic) bond motifs is 3. The van der Waals surface area contributed by atoms with Gasteiger partial charge in [-0.2, -0.15) is 5.10 Å². The Labute approximate surface area is 157 Å². The Morgan fingerprint density at radius 1 is 1.04 bits per heavy atom. The van der Waals surface area contributed by atoms with Crippen molar-refractivity contribution in [2.75, 3.05) is 21.3 Å². The van der Waals surface area contributed by atoms with Crippen molar-refractivity contribution in [3.8, 4) is 17.2 Å². The standard InChI is InChI=1S/C18H15N5O5/c1-26-11-6-10(7-12(8-11)27-2)22-5-4-14-15(17(22)24)20-21-16-13(18(25)28-3)9-19-23(14)16/h4-9H,1-3H3. The molecule has 3 heterocycles. The summed E-state index contributed by atoms with van der Waals surface area (Å²) in [5.74, 6) is 0.496. The van der Waals surface area contributed by atoms with Crippen LogP contribution in [0.15, 0.2) is 41.5 Å². The number of nitrogens with zero attached hydrogens (tertiary/aromatic N) is 5. The van der Waals surface area contributed by atoms with Crippen LogP contribution in [0.3, 0.4) is 0 Å². The Hall–Kier alpha value is -3.95. The third kappa shape index (κ3) is 2.62. The highest BCUT2D eigenvalue weighted by Gasteiger charge is 2.18. The molecule has 10 heteroatoms. The first kappa shape index (κ1) is 17.5. The van der Waals surface area contributed by atoms with Crippen LogP contribution in [-0.4, -0.2) is 51.7 Å². The van der Waals surface area contributed by atoms with Crippen molar-refractivity contribution in [2.45, 2.75) is 0 Å². The fourth-order valence-corrected chi connectivity index (χ4v) is 2.88. The Balaban J connectivity index is 1.94. The van der Waals surface area contributed by atoms with E-state index in [0.717, 1.165) is 0 Å². The lowest BCUT2D eigenvalue weighted by atomic mass is 10.2. The Morgan fingerprint density at radius 2 is 1.75 bits per heavy atom. The molecule has 0 fully saturated rings. The van der Waals surface area contributed by atoms with Gasteiger partial charge in [0.05, 0.1) is 33.2 Å². The summed E-state index contributed by atoms with van der Waals surface area (Å²) in [6, 6.07) is 6.77. The van der Waals surface area contributed by atoms with Crippen molar-refractivity contribution in [2.24, 2.45) is 0 Å². The summed E-state index contributed by atoms with van der Waals surface area (Å²) < 4.78 is 18.0. The average molecular weight is 381 g/mol. The molecule has 10 nitrogen and oxygen atoms in total. The van der Waals surface area contributed by atoms with Crippen molar-refractivity contribution in [3.05, 3.63) is 52.6 Å². The number of hydrogen-bond acceptors (Lipinski definition) is 8. The van der Waals surface area contributed by atoms with Crippen LogP contribution < -0.4 is 15.0 Å². The highest BCUT2D eigenvalue weighted by Crippen LogP contribution is 2.24. The summed E-state index contributed by atoms with van der Waals surface area (Å²) in [5, 5.41) is 12.1. The molecule has 0 saturated heterocycles. The van der Waals surface area contributed by atoms with Gasteiger partial charge in [0.2, 0.25) is 0 Å². The molecule has 0 aliphatic carbocycles. The smallest absolute Gasteiger partial charge is 0.343 e. The molecule has 0 unspecified atom stereocenters. The number of pyridine rings is 1. The van der Waals surface area contributed by atoms with Gasteiger partial charge in [-0.1, -0.05) is 0 Å². The molecule has 0 aliphatic heterocycles. The predicted molar refractivity (Wildman–Crippen MR) is 98.3 cm³/mol. The van der Waals surface area contributed by atoms with Crippen LogP contribution >= 0.6 is 0 Å². The molecule has 0 atom stereocenters. The van der Waals surface area contributed by atoms with Crippen LogP contribution in [0.25, 0.3) is 22.4 Å². The number of ether oxygens (including phenoxy) is 3. The maximum absolute atomic E-state index is 13.0. The van der Waals surface area contributed by atoms with Crippen LogP contribution in [0, 0.1) is 0 Å². The van der Waals surface area contributed by atoms with Crippen LogP contribution in [-0.2, 0) is 4.74 Å². The molecule has 4 rings (SSSR count). The Bertz CT molecular complexity index is 1250. The summed E-state index contributed by atoms with van der Waals surface area (Å²) in [5.41, 5.74) is 1.02. The average Bonchev–Trinajstić information content (AvgIpc) is 3.17. The monoisotopic (exact) mass is 381 g/mol. The summed E-state index contributed by atoms with van der Waals surface area (Å²) in [6.07, 6.45) is 2.91. The van der Waals surface area contributed by atoms with Gasteiger partial charge in [0.25, 0.3) is 5.56 Å². The molecule has 0 amide bonds. The molecular weight excluding hydrogens is 366 g/mol. The molecule has 0 N–H and O–H groups in total. The first-order valence-electron chi connectivity index (χ1n) is 8.15. The first-order valence-corrected chi connectivity index (χ1v) is 8.15. The van der Waals surface area contributed by atoms with Crippen LogP contribution in [0.1, 0.15) is 10.4 Å². The Kier molecular flexibility index (Phi) is 4.15. The zero-order chi connectivity index (χ0) is 19.8. The minimum atomic E-state index is -0.583. The van der Waals surface area contributed by atoms with Crippen LogP contribution in [0.2, 0.25) is 0 Å². The zero-order valence-electron chi connectivity index (χ0n) is 15.2. The lowest BCUT2D eigenvalue weighted by Gasteiger charge is -2.11. The summed E-state index contributed by atoms with van der Waals surface area (Å²) in [4.78, 5) is 24.8. The van der Waals surface area contributed by atoms with Crippen LogP contribution in [0.4, 0.5) is 0 Å². The minimum Gasteiger partial charge on any atom is -0.497 e. The summed E-state index contributed by atoms with van der Waals surface area (Å²) in [7, 11) is 4.32. The predicted octanol–water partition coefficient (Wildman–Crippen LogP) is 1.23. The minimum absolute atomic E-state index is 0.0938. The zero-order valence-corrected chi connectivity index (χ0v) is 15.2. The molecule has 4 aromatic rings. The molecule has 0 spiro atoms. The molecule has 0 bridgehead atoms. The third-order valence-corrected chi connectivity index (χ3v) is 4.28. The number of benzene rings is 1. The number of esters is 1. The highest BCUT2D eigenvalue weighted by molar-refractivity contribution is 5.96. The highest BCUT2D eigenvalue weighted by atomic mass is 16.5. The topological polar surface area (TPSA) is 110 Å². The van der Waals surface area contributed by atoms with Gasteiger partial charge in [-0.25, -0.2) is 9.31 Å². The fourth-order valence-electron chi connectivity index (χ4n) is 2.88. The quantitative estimate of drug-likeness (QED) is 0.486. The number of carbonyl (C=O) groups excluding carboxylic acids is 1. The van der Waals surface area contributed by atoms with Gasteiger partial charge in [0.1, 0.15) is 22.6 Å². The van der Waals surface area contributed by atoms with E-state index >= 15 is 0 Å². The molecule has 0 radical (unpaired) electrons. The van der Waals surface area contributed by atoms with E-state index in [4.69, 9.17) is 14.2 Å². The van der Waals surface area contributed by atoms with E-state index in [1.54, 1.807) is 30.5 Å². The maximum Gasteiger partial charge on any atom is 0.343 e. The van der Waals surface area contributed by atoms with Crippen LogP contribution in [0.5, 0.6) is 11.5 Å². The van der Waals surface area contributed by atoms with E-state index in [0.29, 0.717) is 22.7 Å². The second kappa shape index (κ2) is 6.65. The number of aromatic nitrogens is 5. The summed E-state index contributed by atoms with van der Waals surface area (Å²) >= 11 is 0. The SMILES string of the molecule is COC(=O)c1cnn2c1nnc1c(=O)n(-c3cc(OC)cc(OC)c3)ccc12. The molecule has 0 saturated carbocycles. The van der Waals surface area contributed by atoms with Crippen molar-refractivity contribution >= 4 is 22.6 Å². The van der Waals surface area contributed by atoms with Gasteiger partial charge in [0.15, 0.2) is 11.2 Å². The van der Waals surface area contributed by atoms with Gasteiger partial charge in [-0.15, -0.1) is 10.2 Å². The molecule has 28 heavy (non-hydrogen) atoms. The first-order chi connectivity index (χ1) is 13.6. The normalized spacial score (nSPS) is 11.0. The number of methoxy groups -OCH3 is 3. The molecule has 142 valence electrons. The van der Waals surface area contributed by atoms with E-state index in [1.807, 2.05) is 0 Å².